The van der Waals surface area contributed by atoms with Crippen LogP contribution in [0.25, 0.3) is 0 Å². The van der Waals surface area contributed by atoms with E-state index in [1.165, 1.54) is 0 Å². The molecule has 0 aliphatic heterocycles. The van der Waals surface area contributed by atoms with Crippen molar-refractivity contribution in [2.45, 2.75) is 12.7 Å². The quantitative estimate of drug-likeness (QED) is 0.793. The predicted octanol–water partition coefficient (Wildman–Crippen LogP) is 1.06. The highest BCUT2D eigenvalue weighted by Gasteiger charge is 2.10. The molecule has 0 radical (unpaired) electrons. The maximum absolute atomic E-state index is 11.7. The van der Waals surface area contributed by atoms with Crippen LogP contribution in [0.5, 0.6) is 0 Å². The standard InChI is InChI=1S/C12H20N2O2S/c1-3-14(2)10-9-13-17(15,16)11-12-7-5-4-6-8-12/h4-8,13H,3,9-11H2,1-2H3. The van der Waals surface area contributed by atoms with Crippen LogP contribution in [-0.2, 0) is 15.8 Å². The van der Waals surface area contributed by atoms with E-state index in [1.54, 1.807) is 0 Å². The zero-order chi connectivity index (χ0) is 12.7. The number of likely N-dealkylation sites (N-methyl/N-ethyl adjacent to an activating group) is 1. The van der Waals surface area contributed by atoms with Gasteiger partial charge in [-0.15, -0.1) is 0 Å². The van der Waals surface area contributed by atoms with Gasteiger partial charge in [-0.05, 0) is 19.2 Å². The maximum atomic E-state index is 11.7. The number of rotatable bonds is 7. The van der Waals surface area contributed by atoms with Gasteiger partial charge in [-0.25, -0.2) is 13.1 Å². The van der Waals surface area contributed by atoms with Gasteiger partial charge in [0.25, 0.3) is 0 Å². The van der Waals surface area contributed by atoms with Crippen LogP contribution in [0.3, 0.4) is 0 Å². The van der Waals surface area contributed by atoms with E-state index in [-0.39, 0.29) is 5.75 Å². The lowest BCUT2D eigenvalue weighted by Gasteiger charge is -2.14. The van der Waals surface area contributed by atoms with Crippen LogP contribution in [-0.4, -0.2) is 40.0 Å². The Labute approximate surface area is 104 Å². The van der Waals surface area contributed by atoms with Crippen molar-refractivity contribution in [3.05, 3.63) is 35.9 Å². The molecule has 17 heavy (non-hydrogen) atoms. The number of nitrogens with one attached hydrogen (secondary N) is 1. The van der Waals surface area contributed by atoms with Crippen LogP contribution >= 0.6 is 0 Å². The molecule has 0 spiro atoms. The van der Waals surface area contributed by atoms with Crippen LogP contribution in [0.2, 0.25) is 0 Å². The van der Waals surface area contributed by atoms with Crippen molar-refractivity contribution in [1.82, 2.24) is 9.62 Å². The molecule has 0 fully saturated rings. The Bertz CT molecular complexity index is 417. The van der Waals surface area contributed by atoms with Gasteiger partial charge in [0.05, 0.1) is 5.75 Å². The second-order valence-corrected chi connectivity index (χ2v) is 5.84. The van der Waals surface area contributed by atoms with E-state index in [1.807, 2.05) is 44.3 Å². The normalized spacial score (nSPS) is 11.9. The molecule has 0 amide bonds. The second kappa shape index (κ2) is 6.74. The van der Waals surface area contributed by atoms with Crippen LogP contribution < -0.4 is 4.72 Å². The summed E-state index contributed by atoms with van der Waals surface area (Å²) in [5, 5.41) is 0. The van der Waals surface area contributed by atoms with Gasteiger partial charge in [0, 0.05) is 13.1 Å². The molecule has 1 N–H and O–H groups in total. The van der Waals surface area contributed by atoms with Gasteiger partial charge in [-0.2, -0.15) is 0 Å². The Kier molecular flexibility index (Phi) is 5.61. The largest absolute Gasteiger partial charge is 0.305 e. The highest BCUT2D eigenvalue weighted by Crippen LogP contribution is 2.03. The Balaban J connectivity index is 2.42. The summed E-state index contributed by atoms with van der Waals surface area (Å²) in [4.78, 5) is 2.06. The molecule has 96 valence electrons. The van der Waals surface area contributed by atoms with Crippen molar-refractivity contribution >= 4 is 10.0 Å². The molecular weight excluding hydrogens is 236 g/mol. The van der Waals surface area contributed by atoms with Crippen LogP contribution in [0.4, 0.5) is 0 Å². The van der Waals surface area contributed by atoms with Crippen LogP contribution in [0.15, 0.2) is 30.3 Å². The third-order valence-electron chi connectivity index (χ3n) is 2.55. The number of hydrogen-bond donors (Lipinski definition) is 1. The molecule has 1 aromatic rings. The van der Waals surface area contributed by atoms with Gasteiger partial charge in [-0.3, -0.25) is 0 Å². The first-order chi connectivity index (χ1) is 8.03. The average molecular weight is 256 g/mol. The smallest absolute Gasteiger partial charge is 0.215 e. The van der Waals surface area contributed by atoms with Crippen molar-refractivity contribution in [2.75, 3.05) is 26.7 Å². The lowest BCUT2D eigenvalue weighted by molar-refractivity contribution is 0.358. The molecule has 4 nitrogen and oxygen atoms in total. The molecule has 0 atom stereocenters. The number of sulfonamides is 1. The summed E-state index contributed by atoms with van der Waals surface area (Å²) >= 11 is 0. The summed E-state index contributed by atoms with van der Waals surface area (Å²) in [6.45, 7) is 4.14. The van der Waals surface area contributed by atoms with E-state index in [0.717, 1.165) is 18.7 Å². The summed E-state index contributed by atoms with van der Waals surface area (Å²) < 4.78 is 26.1. The first-order valence-electron chi connectivity index (χ1n) is 5.73. The summed E-state index contributed by atoms with van der Waals surface area (Å²) in [7, 11) is -1.25. The number of benzene rings is 1. The summed E-state index contributed by atoms with van der Waals surface area (Å²) in [6.07, 6.45) is 0. The molecule has 0 saturated heterocycles. The highest BCUT2D eigenvalue weighted by molar-refractivity contribution is 7.88. The van der Waals surface area contributed by atoms with E-state index in [2.05, 4.69) is 9.62 Å². The van der Waals surface area contributed by atoms with Gasteiger partial charge >= 0.3 is 0 Å². The number of hydrogen-bond acceptors (Lipinski definition) is 3. The Morgan fingerprint density at radius 2 is 1.88 bits per heavy atom. The van der Waals surface area contributed by atoms with E-state index >= 15 is 0 Å². The first-order valence-corrected chi connectivity index (χ1v) is 7.38. The zero-order valence-corrected chi connectivity index (χ0v) is 11.2. The fourth-order valence-corrected chi connectivity index (χ4v) is 2.53. The Hall–Kier alpha value is -0.910. The maximum Gasteiger partial charge on any atom is 0.215 e. The number of nitrogens with zero attached hydrogens (tertiary/aromatic N) is 1. The van der Waals surface area contributed by atoms with Crippen LogP contribution in [0.1, 0.15) is 12.5 Å². The van der Waals surface area contributed by atoms with Gasteiger partial charge in [0.15, 0.2) is 0 Å². The monoisotopic (exact) mass is 256 g/mol. The van der Waals surface area contributed by atoms with E-state index in [9.17, 15) is 8.42 Å². The minimum absolute atomic E-state index is 0.0453. The minimum atomic E-state index is -3.22. The molecular formula is C12H20N2O2S. The summed E-state index contributed by atoms with van der Waals surface area (Å²) in [5.74, 6) is 0.0453. The highest BCUT2D eigenvalue weighted by atomic mass is 32.2. The van der Waals surface area contributed by atoms with Gasteiger partial charge in [-0.1, -0.05) is 37.3 Å². The molecule has 0 aliphatic carbocycles. The molecule has 0 bridgehead atoms. The SMILES string of the molecule is CCN(C)CCNS(=O)(=O)Cc1ccccc1. The van der Waals surface area contributed by atoms with Crippen molar-refractivity contribution in [2.24, 2.45) is 0 Å². The molecule has 0 heterocycles. The van der Waals surface area contributed by atoms with Crippen molar-refractivity contribution in [1.29, 1.82) is 0 Å². The molecule has 1 aromatic carbocycles. The lowest BCUT2D eigenvalue weighted by Crippen LogP contribution is -2.33. The second-order valence-electron chi connectivity index (χ2n) is 4.03. The summed E-state index contributed by atoms with van der Waals surface area (Å²) in [5.41, 5.74) is 0.809. The first kappa shape index (κ1) is 14.2. The molecule has 0 aromatic heterocycles. The van der Waals surface area contributed by atoms with E-state index in [0.29, 0.717) is 6.54 Å². The van der Waals surface area contributed by atoms with Gasteiger partial charge < -0.3 is 4.90 Å². The van der Waals surface area contributed by atoms with Crippen molar-refractivity contribution < 1.29 is 8.42 Å². The Morgan fingerprint density at radius 3 is 2.47 bits per heavy atom. The predicted molar refractivity (Wildman–Crippen MR) is 70.2 cm³/mol. The van der Waals surface area contributed by atoms with E-state index < -0.39 is 10.0 Å². The molecule has 0 saturated carbocycles. The van der Waals surface area contributed by atoms with Crippen molar-refractivity contribution in [3.8, 4) is 0 Å². The zero-order valence-electron chi connectivity index (χ0n) is 10.4. The molecule has 5 heteroatoms. The minimum Gasteiger partial charge on any atom is -0.305 e. The molecule has 0 unspecified atom stereocenters. The summed E-state index contributed by atoms with van der Waals surface area (Å²) in [6, 6.07) is 9.19. The van der Waals surface area contributed by atoms with Crippen molar-refractivity contribution in [3.63, 3.8) is 0 Å². The molecule has 1 rings (SSSR count). The Morgan fingerprint density at radius 1 is 1.24 bits per heavy atom. The fraction of sp³-hybridized carbons (Fsp3) is 0.500. The third-order valence-corrected chi connectivity index (χ3v) is 3.91. The third kappa shape index (κ3) is 5.81. The fourth-order valence-electron chi connectivity index (χ4n) is 1.39. The topological polar surface area (TPSA) is 49.4 Å². The molecule has 0 aliphatic rings. The van der Waals surface area contributed by atoms with Gasteiger partial charge in [0.2, 0.25) is 10.0 Å². The van der Waals surface area contributed by atoms with E-state index in [4.69, 9.17) is 0 Å². The average Bonchev–Trinajstić information content (AvgIpc) is 2.29. The van der Waals surface area contributed by atoms with Gasteiger partial charge in [0.1, 0.15) is 0 Å². The van der Waals surface area contributed by atoms with Crippen LogP contribution in [0, 0.1) is 0 Å². The lowest BCUT2D eigenvalue weighted by atomic mass is 10.2.